The van der Waals surface area contributed by atoms with Crippen molar-refractivity contribution in [1.82, 2.24) is 4.90 Å². The average Bonchev–Trinajstić information content (AvgIpc) is 2.75. The fourth-order valence-electron chi connectivity index (χ4n) is 2.27. The number of rotatable bonds is 2. The highest BCUT2D eigenvalue weighted by Gasteiger charge is 2.35. The summed E-state index contributed by atoms with van der Waals surface area (Å²) >= 11 is 0. The Morgan fingerprint density at radius 3 is 2.54 bits per heavy atom. The summed E-state index contributed by atoms with van der Waals surface area (Å²) in [6.45, 7) is 7.81. The van der Waals surface area contributed by atoms with Crippen molar-refractivity contribution in [3.63, 3.8) is 0 Å². The molecule has 1 heterocycles. The van der Waals surface area contributed by atoms with Gasteiger partial charge >= 0.3 is 0 Å². The van der Waals surface area contributed by atoms with Crippen molar-refractivity contribution in [2.45, 2.75) is 32.8 Å². The number of aliphatic hydroxyl groups is 1. The van der Waals surface area contributed by atoms with E-state index >= 15 is 0 Å². The molecule has 0 amide bonds. The third kappa shape index (κ3) is 2.23. The Morgan fingerprint density at radius 1 is 1.31 bits per heavy atom. The summed E-state index contributed by atoms with van der Waals surface area (Å²) in [5.74, 6) is 2.38. The zero-order valence-corrected chi connectivity index (χ0v) is 8.74. The van der Waals surface area contributed by atoms with Gasteiger partial charge in [0.2, 0.25) is 0 Å². The van der Waals surface area contributed by atoms with E-state index in [1.807, 2.05) is 0 Å². The van der Waals surface area contributed by atoms with Crippen LogP contribution in [0.4, 0.5) is 0 Å². The fraction of sp³-hybridized carbons (Fsp3) is 1.00. The van der Waals surface area contributed by atoms with Gasteiger partial charge in [-0.2, -0.15) is 0 Å². The van der Waals surface area contributed by atoms with E-state index in [0.29, 0.717) is 5.92 Å². The van der Waals surface area contributed by atoms with Gasteiger partial charge in [0.15, 0.2) is 0 Å². The van der Waals surface area contributed by atoms with Gasteiger partial charge in [-0.05, 0) is 37.1 Å². The molecule has 1 saturated heterocycles. The molecular weight excluding hydrogens is 162 g/mol. The lowest BCUT2D eigenvalue weighted by Crippen LogP contribution is -2.43. The first-order valence-electron chi connectivity index (χ1n) is 5.57. The Kier molecular flexibility index (Phi) is 2.61. The van der Waals surface area contributed by atoms with Crippen LogP contribution in [0.15, 0.2) is 0 Å². The van der Waals surface area contributed by atoms with Crippen molar-refractivity contribution < 1.29 is 5.11 Å². The molecule has 4 atom stereocenters. The van der Waals surface area contributed by atoms with Gasteiger partial charge in [0, 0.05) is 13.1 Å². The van der Waals surface area contributed by atoms with Crippen LogP contribution in [-0.2, 0) is 0 Å². The van der Waals surface area contributed by atoms with Gasteiger partial charge in [0.25, 0.3) is 0 Å². The van der Waals surface area contributed by atoms with Crippen LogP contribution in [0, 0.1) is 17.8 Å². The second-order valence-electron chi connectivity index (χ2n) is 5.07. The molecule has 2 fully saturated rings. The second kappa shape index (κ2) is 3.58. The van der Waals surface area contributed by atoms with Gasteiger partial charge in [-0.15, -0.1) is 0 Å². The predicted molar refractivity (Wildman–Crippen MR) is 53.5 cm³/mol. The first kappa shape index (κ1) is 9.47. The molecule has 2 nitrogen and oxygen atoms in total. The summed E-state index contributed by atoms with van der Waals surface area (Å²) in [6, 6.07) is 0. The Morgan fingerprint density at radius 2 is 2.00 bits per heavy atom. The average molecular weight is 183 g/mol. The number of aliphatic hydroxyl groups excluding tert-OH is 1. The SMILES string of the molecule is CC1CCN(CC2CC2C)CC1O. The molecule has 76 valence electrons. The summed E-state index contributed by atoms with van der Waals surface area (Å²) in [6.07, 6.45) is 2.49. The molecule has 1 aliphatic carbocycles. The lowest BCUT2D eigenvalue weighted by atomic mass is 9.96. The van der Waals surface area contributed by atoms with Crippen LogP contribution in [-0.4, -0.2) is 35.7 Å². The summed E-state index contributed by atoms with van der Waals surface area (Å²) in [5.41, 5.74) is 0. The minimum Gasteiger partial charge on any atom is -0.392 e. The molecule has 0 spiro atoms. The first-order chi connectivity index (χ1) is 6.16. The van der Waals surface area contributed by atoms with E-state index in [9.17, 15) is 5.11 Å². The quantitative estimate of drug-likeness (QED) is 0.698. The number of hydrogen-bond donors (Lipinski definition) is 1. The van der Waals surface area contributed by atoms with E-state index in [4.69, 9.17) is 0 Å². The third-order valence-corrected chi connectivity index (χ3v) is 3.77. The zero-order valence-electron chi connectivity index (χ0n) is 8.74. The summed E-state index contributed by atoms with van der Waals surface area (Å²) in [5, 5.41) is 9.71. The predicted octanol–water partition coefficient (Wildman–Crippen LogP) is 1.35. The molecule has 1 saturated carbocycles. The number of hydrogen-bond acceptors (Lipinski definition) is 2. The molecular formula is C11H21NO. The Bertz CT molecular complexity index is 181. The Labute approximate surface area is 80.9 Å². The minimum atomic E-state index is -0.0807. The van der Waals surface area contributed by atoms with Gasteiger partial charge in [-0.1, -0.05) is 13.8 Å². The van der Waals surface area contributed by atoms with Gasteiger partial charge in [-0.3, -0.25) is 0 Å². The summed E-state index contributed by atoms with van der Waals surface area (Å²) in [4.78, 5) is 2.44. The number of β-amino-alcohol motifs (C(OH)–C–C–N with tert-alkyl or cyclic N) is 1. The minimum absolute atomic E-state index is 0.0807. The second-order valence-corrected chi connectivity index (χ2v) is 5.07. The van der Waals surface area contributed by atoms with Crippen molar-refractivity contribution in [3.8, 4) is 0 Å². The van der Waals surface area contributed by atoms with Crippen molar-refractivity contribution >= 4 is 0 Å². The van der Waals surface area contributed by atoms with Crippen LogP contribution in [0.25, 0.3) is 0 Å². The van der Waals surface area contributed by atoms with Crippen LogP contribution in [0.3, 0.4) is 0 Å². The number of piperidine rings is 1. The van der Waals surface area contributed by atoms with Crippen LogP contribution >= 0.6 is 0 Å². The molecule has 2 aliphatic rings. The molecule has 1 N–H and O–H groups in total. The fourth-order valence-corrected chi connectivity index (χ4v) is 2.27. The molecule has 0 bridgehead atoms. The molecule has 1 aliphatic heterocycles. The van der Waals surface area contributed by atoms with E-state index in [-0.39, 0.29) is 6.10 Å². The highest BCUT2D eigenvalue weighted by Crippen LogP contribution is 2.38. The van der Waals surface area contributed by atoms with Gasteiger partial charge in [0.1, 0.15) is 0 Å². The molecule has 4 unspecified atom stereocenters. The van der Waals surface area contributed by atoms with Crippen LogP contribution in [0.1, 0.15) is 26.7 Å². The maximum Gasteiger partial charge on any atom is 0.0693 e. The van der Waals surface area contributed by atoms with E-state index in [1.54, 1.807) is 0 Å². The highest BCUT2D eigenvalue weighted by molar-refractivity contribution is 4.87. The lowest BCUT2D eigenvalue weighted by Gasteiger charge is -2.34. The standard InChI is InChI=1S/C11H21NO/c1-8-3-4-12(7-11(8)13)6-10-5-9(10)2/h8-11,13H,3-7H2,1-2H3. The summed E-state index contributed by atoms with van der Waals surface area (Å²) in [7, 11) is 0. The first-order valence-corrected chi connectivity index (χ1v) is 5.57. The monoisotopic (exact) mass is 183 g/mol. The topological polar surface area (TPSA) is 23.5 Å². The van der Waals surface area contributed by atoms with Gasteiger partial charge < -0.3 is 10.0 Å². The van der Waals surface area contributed by atoms with Gasteiger partial charge in [0.05, 0.1) is 6.10 Å². The van der Waals surface area contributed by atoms with Crippen molar-refractivity contribution in [3.05, 3.63) is 0 Å². The lowest BCUT2D eigenvalue weighted by molar-refractivity contribution is 0.0269. The van der Waals surface area contributed by atoms with Crippen LogP contribution in [0.2, 0.25) is 0 Å². The van der Waals surface area contributed by atoms with Crippen molar-refractivity contribution in [2.24, 2.45) is 17.8 Å². The Hall–Kier alpha value is -0.0800. The smallest absolute Gasteiger partial charge is 0.0693 e. The third-order valence-electron chi connectivity index (χ3n) is 3.77. The van der Waals surface area contributed by atoms with E-state index in [2.05, 4.69) is 18.7 Å². The van der Waals surface area contributed by atoms with Crippen LogP contribution < -0.4 is 0 Å². The van der Waals surface area contributed by atoms with E-state index < -0.39 is 0 Å². The van der Waals surface area contributed by atoms with E-state index in [1.165, 1.54) is 25.9 Å². The number of nitrogens with zero attached hydrogens (tertiary/aromatic N) is 1. The molecule has 2 rings (SSSR count). The summed E-state index contributed by atoms with van der Waals surface area (Å²) < 4.78 is 0. The normalized spacial score (nSPS) is 46.4. The van der Waals surface area contributed by atoms with E-state index in [0.717, 1.165) is 18.4 Å². The molecule has 0 aromatic rings. The zero-order chi connectivity index (χ0) is 9.42. The molecule has 0 aromatic carbocycles. The molecule has 13 heavy (non-hydrogen) atoms. The number of likely N-dealkylation sites (tertiary alicyclic amines) is 1. The van der Waals surface area contributed by atoms with Crippen LogP contribution in [0.5, 0.6) is 0 Å². The van der Waals surface area contributed by atoms with Crippen molar-refractivity contribution in [1.29, 1.82) is 0 Å². The van der Waals surface area contributed by atoms with Gasteiger partial charge in [-0.25, -0.2) is 0 Å². The maximum atomic E-state index is 9.71. The largest absolute Gasteiger partial charge is 0.392 e. The Balaban J connectivity index is 1.75. The molecule has 0 radical (unpaired) electrons. The van der Waals surface area contributed by atoms with Crippen molar-refractivity contribution in [2.75, 3.05) is 19.6 Å². The highest BCUT2D eigenvalue weighted by atomic mass is 16.3. The molecule has 0 aromatic heterocycles. The maximum absolute atomic E-state index is 9.71. The molecule has 2 heteroatoms.